The first-order chi connectivity index (χ1) is 16.2. The van der Waals surface area contributed by atoms with Crippen molar-refractivity contribution in [2.75, 3.05) is 23.4 Å². The number of ether oxygens (including phenoxy) is 2. The Kier molecular flexibility index (Phi) is 6.54. The third-order valence-corrected chi connectivity index (χ3v) is 5.35. The van der Waals surface area contributed by atoms with Crippen molar-refractivity contribution in [3.05, 3.63) is 70.9 Å². The van der Waals surface area contributed by atoms with Crippen molar-refractivity contribution < 1.29 is 32.5 Å². The summed E-state index contributed by atoms with van der Waals surface area (Å²) in [5.41, 5.74) is 1.87. The molecular weight excluding hydrogens is 475 g/mol. The molecule has 178 valence electrons. The van der Waals surface area contributed by atoms with E-state index >= 15 is 0 Å². The van der Waals surface area contributed by atoms with Crippen molar-refractivity contribution >= 4 is 34.7 Å². The lowest BCUT2D eigenvalue weighted by Gasteiger charge is -2.37. The quantitative estimate of drug-likeness (QED) is 0.515. The smallest absolute Gasteiger partial charge is 0.488 e. The van der Waals surface area contributed by atoms with Crippen LogP contribution in [0.15, 0.2) is 54.7 Å². The first-order valence-corrected chi connectivity index (χ1v) is 10.5. The number of fused-ring (bicyclic) bond motifs is 1. The second-order valence-electron chi connectivity index (χ2n) is 7.51. The molecule has 7 nitrogen and oxygen atoms in total. The predicted octanol–water partition coefficient (Wildman–Crippen LogP) is 5.09. The zero-order valence-electron chi connectivity index (χ0n) is 17.8. The normalized spacial score (nSPS) is 15.4. The lowest BCUT2D eigenvalue weighted by Crippen LogP contribution is -2.43. The van der Waals surface area contributed by atoms with E-state index in [2.05, 4.69) is 15.0 Å². The van der Waals surface area contributed by atoms with E-state index in [1.54, 1.807) is 29.3 Å². The maximum atomic E-state index is 13.0. The Morgan fingerprint density at radius 3 is 2.74 bits per heavy atom. The predicted molar refractivity (Wildman–Crippen MR) is 120 cm³/mol. The highest BCUT2D eigenvalue weighted by atomic mass is 35.5. The Morgan fingerprint density at radius 1 is 1.29 bits per heavy atom. The van der Waals surface area contributed by atoms with Crippen LogP contribution in [-0.4, -0.2) is 41.6 Å². The Balaban J connectivity index is 1.63. The van der Waals surface area contributed by atoms with Gasteiger partial charge in [-0.25, -0.2) is 4.98 Å². The van der Waals surface area contributed by atoms with Gasteiger partial charge in [-0.15, -0.1) is 13.2 Å². The average Bonchev–Trinajstić information content (AvgIpc) is 2.79. The maximum Gasteiger partial charge on any atom is 0.573 e. The summed E-state index contributed by atoms with van der Waals surface area (Å²) in [6, 6.07) is 11.6. The zero-order valence-corrected chi connectivity index (χ0v) is 18.5. The van der Waals surface area contributed by atoms with E-state index in [4.69, 9.17) is 16.3 Å². The highest BCUT2D eigenvalue weighted by molar-refractivity contribution is 6.32. The van der Waals surface area contributed by atoms with Crippen LogP contribution >= 0.6 is 11.6 Å². The number of alkyl halides is 3. The maximum absolute atomic E-state index is 13.0. The van der Waals surface area contributed by atoms with Crippen LogP contribution in [0.1, 0.15) is 15.9 Å². The SMILES string of the molecule is Cc1ccc(N2c3cccc(C(=O)Nc4ccc(OC(F)(F)F)c(Cl)c4)c3OCC2CO)nc1. The minimum absolute atomic E-state index is 0.110. The Hall–Kier alpha value is -3.50. The molecule has 3 aromatic rings. The summed E-state index contributed by atoms with van der Waals surface area (Å²) in [6.45, 7) is 1.82. The summed E-state index contributed by atoms with van der Waals surface area (Å²) < 4.78 is 47.0. The van der Waals surface area contributed by atoms with Gasteiger partial charge in [0.1, 0.15) is 18.2 Å². The number of hydrogen-bond donors (Lipinski definition) is 2. The van der Waals surface area contributed by atoms with Crippen molar-refractivity contribution in [2.45, 2.75) is 19.3 Å². The number of aryl methyl sites for hydroxylation is 1. The molecule has 0 spiro atoms. The van der Waals surface area contributed by atoms with Crippen LogP contribution in [0.25, 0.3) is 0 Å². The van der Waals surface area contributed by atoms with Crippen LogP contribution in [0.2, 0.25) is 5.02 Å². The van der Waals surface area contributed by atoms with E-state index in [-0.39, 0.29) is 35.2 Å². The molecular formula is C23H19ClF3N3O4. The number of nitrogens with one attached hydrogen (secondary N) is 1. The van der Waals surface area contributed by atoms with Gasteiger partial charge >= 0.3 is 6.36 Å². The monoisotopic (exact) mass is 493 g/mol. The van der Waals surface area contributed by atoms with Crippen molar-refractivity contribution in [1.82, 2.24) is 4.98 Å². The topological polar surface area (TPSA) is 83.9 Å². The van der Waals surface area contributed by atoms with Gasteiger partial charge in [0.25, 0.3) is 5.91 Å². The van der Waals surface area contributed by atoms with Crippen LogP contribution < -0.4 is 19.7 Å². The molecule has 0 aliphatic carbocycles. The molecule has 34 heavy (non-hydrogen) atoms. The van der Waals surface area contributed by atoms with Crippen LogP contribution in [0.4, 0.5) is 30.4 Å². The van der Waals surface area contributed by atoms with Crippen molar-refractivity contribution in [1.29, 1.82) is 0 Å². The van der Waals surface area contributed by atoms with Gasteiger partial charge in [-0.1, -0.05) is 23.7 Å². The highest BCUT2D eigenvalue weighted by Gasteiger charge is 2.33. The number of hydrogen-bond acceptors (Lipinski definition) is 6. The molecule has 0 bridgehead atoms. The van der Waals surface area contributed by atoms with Gasteiger partial charge in [0.2, 0.25) is 0 Å². The molecule has 1 amide bonds. The second kappa shape index (κ2) is 9.40. The Labute approximate surface area is 197 Å². The fraction of sp³-hybridized carbons (Fsp3) is 0.217. The van der Waals surface area contributed by atoms with Gasteiger partial charge in [-0.2, -0.15) is 0 Å². The van der Waals surface area contributed by atoms with E-state index in [1.165, 1.54) is 6.07 Å². The highest BCUT2D eigenvalue weighted by Crippen LogP contribution is 2.41. The number of anilines is 3. The van der Waals surface area contributed by atoms with E-state index in [0.717, 1.165) is 17.7 Å². The largest absolute Gasteiger partial charge is 0.573 e. The number of para-hydroxylation sites is 1. The van der Waals surface area contributed by atoms with Crippen LogP contribution in [-0.2, 0) is 0 Å². The molecule has 1 aliphatic rings. The molecule has 11 heteroatoms. The molecule has 4 rings (SSSR count). The molecule has 2 N–H and O–H groups in total. The summed E-state index contributed by atoms with van der Waals surface area (Å²) in [5.74, 6) is -0.269. The number of aliphatic hydroxyl groups is 1. The van der Waals surface area contributed by atoms with Gasteiger partial charge in [-0.3, -0.25) is 4.79 Å². The van der Waals surface area contributed by atoms with E-state index < -0.39 is 24.1 Å². The number of aliphatic hydroxyl groups excluding tert-OH is 1. The molecule has 2 heterocycles. The first kappa shape index (κ1) is 23.7. The van der Waals surface area contributed by atoms with Crippen molar-refractivity contribution in [3.63, 3.8) is 0 Å². The van der Waals surface area contributed by atoms with E-state index in [9.17, 15) is 23.1 Å². The fourth-order valence-corrected chi connectivity index (χ4v) is 3.75. The summed E-state index contributed by atoms with van der Waals surface area (Å²) >= 11 is 5.87. The van der Waals surface area contributed by atoms with Crippen LogP contribution in [0, 0.1) is 6.92 Å². The number of benzene rings is 2. The van der Waals surface area contributed by atoms with E-state index in [1.807, 2.05) is 19.1 Å². The minimum atomic E-state index is -4.89. The molecule has 0 saturated heterocycles. The second-order valence-corrected chi connectivity index (χ2v) is 7.92. The van der Waals surface area contributed by atoms with Gasteiger partial charge in [-0.05, 0) is 48.9 Å². The number of halogens is 4. The minimum Gasteiger partial charge on any atom is -0.488 e. The summed E-state index contributed by atoms with van der Waals surface area (Å²) in [5, 5.41) is 12.2. The van der Waals surface area contributed by atoms with Gasteiger partial charge in [0, 0.05) is 11.9 Å². The number of rotatable bonds is 5. The number of carbonyl (C=O) groups is 1. The summed E-state index contributed by atoms with van der Waals surface area (Å²) in [4.78, 5) is 19.3. The molecule has 1 aromatic heterocycles. The third-order valence-electron chi connectivity index (χ3n) is 5.05. The summed E-state index contributed by atoms with van der Waals surface area (Å²) in [7, 11) is 0. The first-order valence-electron chi connectivity index (χ1n) is 10.1. The fourth-order valence-electron chi connectivity index (χ4n) is 3.53. The number of carbonyl (C=O) groups excluding carboxylic acids is 1. The van der Waals surface area contributed by atoms with Gasteiger partial charge < -0.3 is 24.8 Å². The number of nitrogens with zero attached hydrogens (tertiary/aromatic N) is 2. The van der Waals surface area contributed by atoms with Crippen LogP contribution in [0.3, 0.4) is 0 Å². The van der Waals surface area contributed by atoms with Gasteiger partial charge in [0.15, 0.2) is 5.75 Å². The van der Waals surface area contributed by atoms with Crippen molar-refractivity contribution in [2.24, 2.45) is 0 Å². The molecule has 0 saturated carbocycles. The average molecular weight is 494 g/mol. The van der Waals surface area contributed by atoms with Gasteiger partial charge in [0.05, 0.1) is 28.9 Å². The number of aromatic nitrogens is 1. The summed E-state index contributed by atoms with van der Waals surface area (Å²) in [6.07, 6.45) is -3.19. The number of amides is 1. The zero-order chi connectivity index (χ0) is 24.5. The molecule has 2 aromatic carbocycles. The third kappa shape index (κ3) is 5.02. The standard InChI is InChI=1S/C23H19ClF3N3O4/c1-13-5-8-20(28-10-13)30-15(11-31)12-33-21-16(3-2-4-18(21)30)22(32)29-14-6-7-19(17(24)9-14)34-23(25,26)27/h2-10,15,31H,11-12H2,1H3,(H,29,32). The van der Waals surface area contributed by atoms with Crippen molar-refractivity contribution in [3.8, 4) is 11.5 Å². The molecule has 0 fully saturated rings. The molecule has 1 aliphatic heterocycles. The lowest BCUT2D eigenvalue weighted by atomic mass is 10.1. The molecule has 0 radical (unpaired) electrons. The van der Waals surface area contributed by atoms with E-state index in [0.29, 0.717) is 11.5 Å². The Morgan fingerprint density at radius 2 is 2.09 bits per heavy atom. The number of pyridine rings is 1. The Bertz CT molecular complexity index is 1210. The molecule has 1 atom stereocenters. The van der Waals surface area contributed by atoms with Crippen LogP contribution in [0.5, 0.6) is 11.5 Å². The molecule has 1 unspecified atom stereocenters. The lowest BCUT2D eigenvalue weighted by molar-refractivity contribution is -0.274.